The van der Waals surface area contributed by atoms with Gasteiger partial charge in [0, 0.05) is 0 Å². The number of benzene rings is 3. The number of nitrogens with zero attached hydrogens (tertiary/aromatic N) is 1. The van der Waals surface area contributed by atoms with Gasteiger partial charge in [-0.2, -0.15) is 0 Å². The molecule has 6 nitrogen and oxygen atoms in total. The molecule has 180 valence electrons. The molecule has 3 aromatic rings. The number of aryl methyl sites for hydroxylation is 3. The number of sulfonamides is 1. The second-order valence-corrected chi connectivity index (χ2v) is 10.5. The average molecular weight is 481 g/mol. The summed E-state index contributed by atoms with van der Waals surface area (Å²) < 4.78 is 31.7. The second-order valence-electron chi connectivity index (χ2n) is 8.62. The third-order valence-corrected chi connectivity index (χ3v) is 6.93. The van der Waals surface area contributed by atoms with Crippen LogP contribution in [-0.4, -0.2) is 27.2 Å². The van der Waals surface area contributed by atoms with Gasteiger partial charge in [0.25, 0.3) is 5.91 Å². The highest BCUT2D eigenvalue weighted by atomic mass is 32.2. The van der Waals surface area contributed by atoms with Gasteiger partial charge >= 0.3 is 0 Å². The van der Waals surface area contributed by atoms with E-state index in [0.29, 0.717) is 11.4 Å². The number of nitrogens with one attached hydrogen (secondary N) is 1. The number of rotatable bonds is 9. The molecule has 3 aromatic carbocycles. The summed E-state index contributed by atoms with van der Waals surface area (Å²) in [6.45, 7) is 8.23. The van der Waals surface area contributed by atoms with E-state index in [1.165, 1.54) is 21.7 Å². The van der Waals surface area contributed by atoms with Crippen molar-refractivity contribution in [2.45, 2.75) is 40.3 Å². The van der Waals surface area contributed by atoms with Gasteiger partial charge in [0.15, 0.2) is 6.61 Å². The zero-order chi connectivity index (χ0) is 24.9. The number of hydrogen-bond acceptors (Lipinski definition) is 4. The monoisotopic (exact) mass is 480 g/mol. The number of ether oxygens (including phenoxy) is 1. The van der Waals surface area contributed by atoms with Crippen LogP contribution < -0.4 is 14.4 Å². The highest BCUT2D eigenvalue weighted by Gasteiger charge is 2.18. The van der Waals surface area contributed by atoms with E-state index in [2.05, 4.69) is 31.3 Å². The van der Waals surface area contributed by atoms with Crippen LogP contribution in [0.2, 0.25) is 0 Å². The van der Waals surface area contributed by atoms with E-state index in [1.54, 1.807) is 24.3 Å². The quantitative estimate of drug-likeness (QED) is 0.476. The van der Waals surface area contributed by atoms with E-state index < -0.39 is 10.0 Å². The first-order chi connectivity index (χ1) is 16.0. The van der Waals surface area contributed by atoms with E-state index in [1.807, 2.05) is 44.2 Å². The van der Waals surface area contributed by atoms with Crippen LogP contribution in [0.4, 0.5) is 5.69 Å². The fraction of sp³-hybridized carbons (Fsp3) is 0.296. The second kappa shape index (κ2) is 10.7. The topological polar surface area (TPSA) is 75.7 Å². The molecule has 1 N–H and O–H groups in total. The van der Waals surface area contributed by atoms with Crippen LogP contribution in [0.1, 0.15) is 40.8 Å². The van der Waals surface area contributed by atoms with Gasteiger partial charge in [-0.15, -0.1) is 0 Å². The minimum Gasteiger partial charge on any atom is -0.484 e. The molecule has 0 aromatic heterocycles. The van der Waals surface area contributed by atoms with Gasteiger partial charge in [-0.1, -0.05) is 42.5 Å². The molecule has 0 saturated carbocycles. The third kappa shape index (κ3) is 6.60. The lowest BCUT2D eigenvalue weighted by molar-refractivity contribution is -0.123. The molecule has 1 amide bonds. The molecule has 1 unspecified atom stereocenters. The molecule has 34 heavy (non-hydrogen) atoms. The first-order valence-corrected chi connectivity index (χ1v) is 13.0. The lowest BCUT2D eigenvalue weighted by Crippen LogP contribution is -2.31. The Bertz CT molecular complexity index is 1240. The number of carbonyl (C=O) groups excluding carboxylic acids is 1. The summed E-state index contributed by atoms with van der Waals surface area (Å²) in [4.78, 5) is 12.4. The summed E-state index contributed by atoms with van der Waals surface area (Å²) in [5, 5.41) is 2.98. The molecule has 0 saturated heterocycles. The van der Waals surface area contributed by atoms with E-state index >= 15 is 0 Å². The highest BCUT2D eigenvalue weighted by molar-refractivity contribution is 7.92. The molecule has 0 aliphatic heterocycles. The van der Waals surface area contributed by atoms with Gasteiger partial charge in [-0.3, -0.25) is 9.10 Å². The molecular weight excluding hydrogens is 448 g/mol. The van der Waals surface area contributed by atoms with Crippen LogP contribution in [0, 0.1) is 20.8 Å². The predicted octanol–water partition coefficient (Wildman–Crippen LogP) is 4.83. The molecule has 0 heterocycles. The molecule has 0 bridgehead atoms. The number of anilines is 1. The summed E-state index contributed by atoms with van der Waals surface area (Å²) in [5.41, 5.74) is 6.05. The van der Waals surface area contributed by atoms with Crippen molar-refractivity contribution in [3.63, 3.8) is 0 Å². The number of carbonyl (C=O) groups is 1. The lowest BCUT2D eigenvalue weighted by Gasteiger charge is -2.23. The minimum absolute atomic E-state index is 0.132. The predicted molar refractivity (Wildman–Crippen MR) is 137 cm³/mol. The molecular formula is C27H32N2O4S. The van der Waals surface area contributed by atoms with Crippen LogP contribution in [0.3, 0.4) is 0 Å². The van der Waals surface area contributed by atoms with Crippen molar-refractivity contribution in [3.05, 3.63) is 94.5 Å². The van der Waals surface area contributed by atoms with Crippen molar-refractivity contribution in [1.82, 2.24) is 5.32 Å². The van der Waals surface area contributed by atoms with Crippen LogP contribution in [0.25, 0.3) is 0 Å². The first kappa shape index (κ1) is 25.3. The Morgan fingerprint density at radius 3 is 2.18 bits per heavy atom. The van der Waals surface area contributed by atoms with Crippen molar-refractivity contribution in [2.24, 2.45) is 0 Å². The third-order valence-electron chi connectivity index (χ3n) is 5.79. The van der Waals surface area contributed by atoms with Gasteiger partial charge < -0.3 is 10.1 Å². The summed E-state index contributed by atoms with van der Waals surface area (Å²) in [6.07, 6.45) is 1.18. The van der Waals surface area contributed by atoms with E-state index in [9.17, 15) is 13.2 Å². The van der Waals surface area contributed by atoms with Crippen LogP contribution in [-0.2, 0) is 21.4 Å². The van der Waals surface area contributed by atoms with E-state index in [4.69, 9.17) is 4.74 Å². The van der Waals surface area contributed by atoms with Crippen molar-refractivity contribution in [1.29, 1.82) is 0 Å². The van der Waals surface area contributed by atoms with Crippen LogP contribution in [0.5, 0.6) is 5.75 Å². The summed E-state index contributed by atoms with van der Waals surface area (Å²) >= 11 is 0. The van der Waals surface area contributed by atoms with Crippen molar-refractivity contribution < 1.29 is 17.9 Å². The molecule has 0 aliphatic carbocycles. The molecule has 7 heteroatoms. The zero-order valence-electron chi connectivity index (χ0n) is 20.3. The largest absolute Gasteiger partial charge is 0.484 e. The van der Waals surface area contributed by atoms with Gasteiger partial charge in [-0.25, -0.2) is 8.42 Å². The van der Waals surface area contributed by atoms with Crippen molar-refractivity contribution in [2.75, 3.05) is 17.2 Å². The van der Waals surface area contributed by atoms with Gasteiger partial charge in [0.2, 0.25) is 10.0 Å². The maximum Gasteiger partial charge on any atom is 0.258 e. The molecule has 0 aliphatic rings. The van der Waals surface area contributed by atoms with Gasteiger partial charge in [-0.05, 0) is 79.8 Å². The van der Waals surface area contributed by atoms with E-state index in [0.717, 1.165) is 16.7 Å². The smallest absolute Gasteiger partial charge is 0.258 e. The average Bonchev–Trinajstić information content (AvgIpc) is 2.79. The Hall–Kier alpha value is -3.32. The van der Waals surface area contributed by atoms with Crippen LogP contribution in [0.15, 0.2) is 66.7 Å². The maximum absolute atomic E-state index is 12.4. The molecule has 3 rings (SSSR count). The Morgan fingerprint density at radius 1 is 0.941 bits per heavy atom. The summed E-state index contributed by atoms with van der Waals surface area (Å²) in [6, 6.07) is 20.2. The minimum atomic E-state index is -3.48. The lowest BCUT2D eigenvalue weighted by atomic mass is 9.96. The SMILES string of the molecule is Cc1cc(C)c(C(C)NC(=O)COc2ccc(N(Cc3ccccc3)S(C)(=O)=O)cc2)cc1C. The highest BCUT2D eigenvalue weighted by Crippen LogP contribution is 2.24. The Balaban J connectivity index is 1.61. The first-order valence-electron chi connectivity index (χ1n) is 11.2. The Labute approximate surface area is 202 Å². The molecule has 0 radical (unpaired) electrons. The Kier molecular flexibility index (Phi) is 7.99. The standard InChI is InChI=1S/C27H32N2O4S/c1-19-15-21(3)26(16-20(19)2)22(4)28-27(30)18-33-25-13-11-24(12-14-25)29(34(5,31)32)17-23-9-7-6-8-10-23/h6-16,22H,17-18H2,1-5H3,(H,28,30). The van der Waals surface area contributed by atoms with Crippen molar-refractivity contribution in [3.8, 4) is 5.75 Å². The number of amides is 1. The van der Waals surface area contributed by atoms with E-state index in [-0.39, 0.29) is 25.1 Å². The summed E-state index contributed by atoms with van der Waals surface area (Å²) in [5.74, 6) is 0.262. The fourth-order valence-corrected chi connectivity index (χ4v) is 4.71. The maximum atomic E-state index is 12.4. The zero-order valence-corrected chi connectivity index (χ0v) is 21.1. The molecule has 0 spiro atoms. The van der Waals surface area contributed by atoms with Gasteiger partial charge in [0.05, 0.1) is 24.5 Å². The molecule has 1 atom stereocenters. The summed E-state index contributed by atoms with van der Waals surface area (Å²) in [7, 11) is -3.48. The number of hydrogen-bond donors (Lipinski definition) is 1. The van der Waals surface area contributed by atoms with Crippen molar-refractivity contribution >= 4 is 21.6 Å². The fourth-order valence-electron chi connectivity index (χ4n) is 3.82. The van der Waals surface area contributed by atoms with Gasteiger partial charge in [0.1, 0.15) is 5.75 Å². The van der Waals surface area contributed by atoms with Crippen LogP contribution >= 0.6 is 0 Å². The normalized spacial score (nSPS) is 12.1. The molecule has 0 fully saturated rings. The Morgan fingerprint density at radius 2 is 1.56 bits per heavy atom.